The first kappa shape index (κ1) is 13.2. The average molecular weight is 261 g/mol. The average Bonchev–Trinajstić information content (AvgIpc) is 2.63. The molecule has 16 heavy (non-hydrogen) atoms. The summed E-state index contributed by atoms with van der Waals surface area (Å²) in [4.78, 5) is 11.0. The molecule has 0 radical (unpaired) electrons. The van der Waals surface area contributed by atoms with E-state index < -0.39 is 12.0 Å². The molecule has 0 fully saturated rings. The topological polar surface area (TPSA) is 75.1 Å². The van der Waals surface area contributed by atoms with Crippen LogP contribution in [0.2, 0.25) is 0 Å². The van der Waals surface area contributed by atoms with Gasteiger partial charge in [-0.25, -0.2) is 4.79 Å². The minimum absolute atomic E-state index is 0.575. The number of aryl methyl sites for hydroxylation is 1. The largest absolute Gasteiger partial charge is 0.480 e. The molecule has 7 heteroatoms. The minimum Gasteiger partial charge on any atom is -0.480 e. The van der Waals surface area contributed by atoms with Gasteiger partial charge in [0.15, 0.2) is 0 Å². The van der Waals surface area contributed by atoms with Crippen LogP contribution in [-0.2, 0) is 4.79 Å². The standard InChI is InChI=1S/C9H15N3O2S2/c1-3-15-5-4-7(8(13)14)10-9-12-11-6(2)16-9/h7H,3-5H2,1-2H3,(H,10,12)(H,13,14). The van der Waals surface area contributed by atoms with Gasteiger partial charge in [-0.2, -0.15) is 11.8 Å². The zero-order chi connectivity index (χ0) is 12.0. The molecular formula is C9H15N3O2S2. The highest BCUT2D eigenvalue weighted by molar-refractivity contribution is 7.99. The third-order valence-electron chi connectivity index (χ3n) is 1.88. The summed E-state index contributed by atoms with van der Waals surface area (Å²) < 4.78 is 0. The van der Waals surface area contributed by atoms with Crippen LogP contribution in [0, 0.1) is 6.92 Å². The lowest BCUT2D eigenvalue weighted by atomic mass is 10.2. The molecule has 1 heterocycles. The lowest BCUT2D eigenvalue weighted by Gasteiger charge is -2.12. The normalized spacial score (nSPS) is 12.4. The van der Waals surface area contributed by atoms with Gasteiger partial charge in [0, 0.05) is 0 Å². The number of nitrogens with zero attached hydrogens (tertiary/aromatic N) is 2. The van der Waals surface area contributed by atoms with Crippen LogP contribution in [0.1, 0.15) is 18.4 Å². The van der Waals surface area contributed by atoms with E-state index in [1.165, 1.54) is 11.3 Å². The summed E-state index contributed by atoms with van der Waals surface area (Å²) in [5, 5.41) is 21.0. The number of carbonyl (C=O) groups is 1. The molecule has 0 aromatic carbocycles. The maximum absolute atomic E-state index is 11.0. The molecule has 5 nitrogen and oxygen atoms in total. The molecule has 2 N–H and O–H groups in total. The van der Waals surface area contributed by atoms with Gasteiger partial charge in [0.25, 0.3) is 0 Å². The monoisotopic (exact) mass is 261 g/mol. The zero-order valence-corrected chi connectivity index (χ0v) is 10.9. The second kappa shape index (κ2) is 6.70. The van der Waals surface area contributed by atoms with Crippen molar-refractivity contribution in [2.45, 2.75) is 26.3 Å². The number of aromatic nitrogens is 2. The molecular weight excluding hydrogens is 246 g/mol. The maximum atomic E-state index is 11.0. The second-order valence-electron chi connectivity index (χ2n) is 3.15. The molecule has 1 aromatic heterocycles. The minimum atomic E-state index is -0.843. The molecule has 0 aliphatic carbocycles. The number of hydrogen-bond acceptors (Lipinski definition) is 6. The van der Waals surface area contributed by atoms with Crippen molar-refractivity contribution in [2.75, 3.05) is 16.8 Å². The van der Waals surface area contributed by atoms with Crippen molar-refractivity contribution < 1.29 is 9.90 Å². The first-order valence-electron chi connectivity index (χ1n) is 5.00. The number of aliphatic carboxylic acids is 1. The van der Waals surface area contributed by atoms with E-state index in [1.54, 1.807) is 11.8 Å². The van der Waals surface area contributed by atoms with E-state index in [2.05, 4.69) is 22.4 Å². The Hall–Kier alpha value is -0.820. The quantitative estimate of drug-likeness (QED) is 0.730. The van der Waals surface area contributed by atoms with Gasteiger partial charge in [-0.05, 0) is 24.9 Å². The summed E-state index contributed by atoms with van der Waals surface area (Å²) in [7, 11) is 0. The van der Waals surface area contributed by atoms with Crippen molar-refractivity contribution in [2.24, 2.45) is 0 Å². The van der Waals surface area contributed by atoms with Gasteiger partial charge in [0.2, 0.25) is 5.13 Å². The maximum Gasteiger partial charge on any atom is 0.326 e. The number of rotatable bonds is 7. The first-order valence-corrected chi connectivity index (χ1v) is 6.97. The zero-order valence-electron chi connectivity index (χ0n) is 9.27. The van der Waals surface area contributed by atoms with Gasteiger partial charge in [-0.1, -0.05) is 18.3 Å². The van der Waals surface area contributed by atoms with Crippen LogP contribution in [0.5, 0.6) is 0 Å². The fraction of sp³-hybridized carbons (Fsp3) is 0.667. The number of hydrogen-bond donors (Lipinski definition) is 2. The molecule has 0 amide bonds. The summed E-state index contributed by atoms with van der Waals surface area (Å²) in [5.74, 6) is 0.993. The number of carboxylic acid groups (broad SMARTS) is 1. The lowest BCUT2D eigenvalue weighted by molar-refractivity contribution is -0.137. The number of anilines is 1. The fourth-order valence-corrected chi connectivity index (χ4v) is 2.44. The van der Waals surface area contributed by atoms with E-state index in [9.17, 15) is 4.79 Å². The molecule has 0 saturated heterocycles. The van der Waals surface area contributed by atoms with Crippen molar-refractivity contribution in [1.82, 2.24) is 10.2 Å². The van der Waals surface area contributed by atoms with Crippen LogP contribution in [-0.4, -0.2) is 38.8 Å². The van der Waals surface area contributed by atoms with Gasteiger partial charge in [-0.15, -0.1) is 10.2 Å². The Bertz CT molecular complexity index is 343. The Morgan fingerprint density at radius 3 is 2.88 bits per heavy atom. The molecule has 90 valence electrons. The van der Waals surface area contributed by atoms with Gasteiger partial charge >= 0.3 is 5.97 Å². The molecule has 0 aliphatic rings. The summed E-state index contributed by atoms with van der Waals surface area (Å²) in [6.07, 6.45) is 0.590. The highest BCUT2D eigenvalue weighted by atomic mass is 32.2. The smallest absolute Gasteiger partial charge is 0.326 e. The van der Waals surface area contributed by atoms with E-state index in [0.29, 0.717) is 11.6 Å². The van der Waals surface area contributed by atoms with Crippen LogP contribution in [0.4, 0.5) is 5.13 Å². The van der Waals surface area contributed by atoms with Gasteiger partial charge in [0.05, 0.1) is 0 Å². The van der Waals surface area contributed by atoms with Crippen LogP contribution in [0.3, 0.4) is 0 Å². The number of nitrogens with one attached hydrogen (secondary N) is 1. The number of carboxylic acids is 1. The van der Waals surface area contributed by atoms with Crippen LogP contribution in [0.25, 0.3) is 0 Å². The van der Waals surface area contributed by atoms with Gasteiger partial charge < -0.3 is 10.4 Å². The highest BCUT2D eigenvalue weighted by Gasteiger charge is 2.18. The van der Waals surface area contributed by atoms with Crippen LogP contribution >= 0.6 is 23.1 Å². The highest BCUT2D eigenvalue weighted by Crippen LogP contribution is 2.16. The molecule has 1 rings (SSSR count). The summed E-state index contributed by atoms with van der Waals surface area (Å²) in [6, 6.07) is -0.577. The van der Waals surface area contributed by atoms with E-state index in [4.69, 9.17) is 5.11 Å². The van der Waals surface area contributed by atoms with Crippen molar-refractivity contribution in [3.05, 3.63) is 5.01 Å². The second-order valence-corrected chi connectivity index (χ2v) is 5.72. The molecule has 1 atom stereocenters. The lowest BCUT2D eigenvalue weighted by Crippen LogP contribution is -2.29. The van der Waals surface area contributed by atoms with Crippen LogP contribution < -0.4 is 5.32 Å². The first-order chi connectivity index (χ1) is 7.63. The third-order valence-corrected chi connectivity index (χ3v) is 3.58. The Balaban J connectivity index is 2.47. The SMILES string of the molecule is CCSCCC(Nc1nnc(C)s1)C(=O)O. The van der Waals surface area contributed by atoms with Crippen molar-refractivity contribution in [1.29, 1.82) is 0 Å². The Labute approximate surface area is 103 Å². The molecule has 0 saturated carbocycles. The van der Waals surface area contributed by atoms with E-state index in [0.717, 1.165) is 16.5 Å². The Morgan fingerprint density at radius 1 is 1.62 bits per heavy atom. The Morgan fingerprint density at radius 2 is 2.38 bits per heavy atom. The summed E-state index contributed by atoms with van der Waals surface area (Å²) >= 11 is 3.10. The van der Waals surface area contributed by atoms with Crippen molar-refractivity contribution in [3.63, 3.8) is 0 Å². The third kappa shape index (κ3) is 4.36. The molecule has 0 spiro atoms. The van der Waals surface area contributed by atoms with Crippen LogP contribution in [0.15, 0.2) is 0 Å². The van der Waals surface area contributed by atoms with E-state index in [1.807, 2.05) is 6.92 Å². The van der Waals surface area contributed by atoms with E-state index >= 15 is 0 Å². The predicted molar refractivity (Wildman–Crippen MR) is 67.3 cm³/mol. The van der Waals surface area contributed by atoms with Gasteiger partial charge in [-0.3, -0.25) is 0 Å². The van der Waals surface area contributed by atoms with Crippen molar-refractivity contribution in [3.8, 4) is 0 Å². The predicted octanol–water partition coefficient (Wildman–Crippen LogP) is 1.85. The Kier molecular flexibility index (Phi) is 5.54. The fourth-order valence-electron chi connectivity index (χ4n) is 1.11. The summed E-state index contributed by atoms with van der Waals surface area (Å²) in [6.45, 7) is 3.90. The summed E-state index contributed by atoms with van der Waals surface area (Å²) in [5.41, 5.74) is 0. The van der Waals surface area contributed by atoms with Crippen molar-refractivity contribution >= 4 is 34.2 Å². The van der Waals surface area contributed by atoms with Gasteiger partial charge in [0.1, 0.15) is 11.0 Å². The molecule has 0 aliphatic heterocycles. The number of thioether (sulfide) groups is 1. The molecule has 1 aromatic rings. The molecule has 0 bridgehead atoms. The molecule has 1 unspecified atom stereocenters. The van der Waals surface area contributed by atoms with E-state index in [-0.39, 0.29) is 0 Å².